The third kappa shape index (κ3) is 1.15. The number of nitrogen functional groups attached to an aromatic ring is 1. The molecule has 0 atom stereocenters. The molecule has 5 nitrogen and oxygen atoms in total. The number of benzene rings is 2. The zero-order valence-electron chi connectivity index (χ0n) is 9.34. The van der Waals surface area contributed by atoms with Crippen LogP contribution in [0.3, 0.4) is 0 Å². The second kappa shape index (κ2) is 3.33. The highest BCUT2D eigenvalue weighted by Gasteiger charge is 2.14. The van der Waals surface area contributed by atoms with Crippen molar-refractivity contribution in [3.63, 3.8) is 0 Å². The quantitative estimate of drug-likeness (QED) is 0.498. The van der Waals surface area contributed by atoms with Gasteiger partial charge in [-0.1, -0.05) is 0 Å². The van der Waals surface area contributed by atoms with Crippen molar-refractivity contribution in [2.45, 2.75) is 6.92 Å². The Kier molecular flexibility index (Phi) is 1.87. The predicted molar refractivity (Wildman–Crippen MR) is 75.0 cm³/mol. The summed E-state index contributed by atoms with van der Waals surface area (Å²) in [7, 11) is 0. The third-order valence-corrected chi connectivity index (χ3v) is 4.14. The molecule has 0 amide bonds. The van der Waals surface area contributed by atoms with Gasteiger partial charge in [-0.3, -0.25) is 0 Å². The molecule has 2 heterocycles. The normalized spacial score (nSPS) is 11.8. The lowest BCUT2D eigenvalue weighted by atomic mass is 10.0. The van der Waals surface area contributed by atoms with Gasteiger partial charge < -0.3 is 5.73 Å². The fourth-order valence-electron chi connectivity index (χ4n) is 2.23. The van der Waals surface area contributed by atoms with Gasteiger partial charge in [-0.25, -0.2) is 0 Å². The van der Waals surface area contributed by atoms with Crippen LogP contribution in [0.2, 0.25) is 0 Å². The van der Waals surface area contributed by atoms with Crippen LogP contribution in [0, 0.1) is 6.92 Å². The van der Waals surface area contributed by atoms with E-state index in [4.69, 9.17) is 5.73 Å². The van der Waals surface area contributed by atoms with Crippen LogP contribution < -0.4 is 5.73 Å². The molecule has 4 rings (SSSR count). The predicted octanol–water partition coefficient (Wildman–Crippen LogP) is 2.74. The van der Waals surface area contributed by atoms with Gasteiger partial charge in [0, 0.05) is 10.8 Å². The first-order valence-corrected chi connectivity index (χ1v) is 6.78. The Bertz CT molecular complexity index is 832. The van der Waals surface area contributed by atoms with Crippen molar-refractivity contribution in [2.75, 3.05) is 5.73 Å². The van der Waals surface area contributed by atoms with E-state index in [0.29, 0.717) is 5.69 Å². The Labute approximate surface area is 110 Å². The monoisotopic (exact) mass is 273 g/mol. The number of fused-ring (bicyclic) bond motifs is 5. The minimum absolute atomic E-state index is 0.643. The van der Waals surface area contributed by atoms with Crippen LogP contribution in [0.25, 0.3) is 32.8 Å². The number of hydrogen-bond acceptors (Lipinski definition) is 7. The molecule has 0 saturated carbocycles. The van der Waals surface area contributed by atoms with E-state index < -0.39 is 0 Å². The highest BCUT2D eigenvalue weighted by molar-refractivity contribution is 7.00. The molecule has 2 aromatic carbocycles. The zero-order valence-corrected chi connectivity index (χ0v) is 11.0. The molecule has 7 heteroatoms. The van der Waals surface area contributed by atoms with Gasteiger partial charge in [0.05, 0.1) is 29.1 Å². The lowest BCUT2D eigenvalue weighted by Gasteiger charge is -2.03. The van der Waals surface area contributed by atoms with E-state index in [1.54, 1.807) is 0 Å². The van der Waals surface area contributed by atoms with Crippen LogP contribution in [0.1, 0.15) is 5.56 Å². The summed E-state index contributed by atoms with van der Waals surface area (Å²) >= 11 is 2.40. The lowest BCUT2D eigenvalue weighted by Crippen LogP contribution is -1.90. The lowest BCUT2D eigenvalue weighted by molar-refractivity contribution is 1.51. The van der Waals surface area contributed by atoms with Crippen LogP contribution >= 0.6 is 23.5 Å². The topological polar surface area (TPSA) is 77.6 Å². The van der Waals surface area contributed by atoms with E-state index in [2.05, 4.69) is 23.6 Å². The number of aryl methyl sites for hydroxylation is 1. The highest BCUT2D eigenvalue weighted by atomic mass is 32.1. The van der Waals surface area contributed by atoms with Crippen molar-refractivity contribution in [2.24, 2.45) is 0 Å². The minimum atomic E-state index is 0.643. The SMILES string of the molecule is Cc1cc2c(cc(N)c3nsnc32)c2nsnc12. The molecule has 0 bridgehead atoms. The fraction of sp³-hybridized carbons (Fsp3) is 0.0909. The maximum atomic E-state index is 6.02. The van der Waals surface area contributed by atoms with Gasteiger partial charge in [0.25, 0.3) is 0 Å². The molecule has 0 aliphatic rings. The van der Waals surface area contributed by atoms with E-state index in [9.17, 15) is 0 Å². The van der Waals surface area contributed by atoms with Crippen LogP contribution in [0.15, 0.2) is 12.1 Å². The summed E-state index contributed by atoms with van der Waals surface area (Å²) in [6.45, 7) is 2.03. The third-order valence-electron chi connectivity index (χ3n) is 3.09. The van der Waals surface area contributed by atoms with Crippen LogP contribution in [-0.2, 0) is 0 Å². The second-order valence-electron chi connectivity index (χ2n) is 4.18. The summed E-state index contributed by atoms with van der Waals surface area (Å²) < 4.78 is 17.3. The van der Waals surface area contributed by atoms with Crippen molar-refractivity contribution in [3.8, 4) is 0 Å². The van der Waals surface area contributed by atoms with Gasteiger partial charge in [0.2, 0.25) is 0 Å². The van der Waals surface area contributed by atoms with Gasteiger partial charge in [-0.2, -0.15) is 17.5 Å². The van der Waals surface area contributed by atoms with Crippen molar-refractivity contribution in [3.05, 3.63) is 17.7 Å². The van der Waals surface area contributed by atoms with Crippen molar-refractivity contribution in [1.82, 2.24) is 17.5 Å². The maximum Gasteiger partial charge on any atom is 0.128 e. The maximum absolute atomic E-state index is 6.02. The number of nitrogens with two attached hydrogens (primary N) is 1. The minimum Gasteiger partial charge on any atom is -0.397 e. The molecular weight excluding hydrogens is 266 g/mol. The number of anilines is 1. The summed E-state index contributed by atoms with van der Waals surface area (Å²) in [6.07, 6.45) is 0. The van der Waals surface area contributed by atoms with E-state index >= 15 is 0 Å². The van der Waals surface area contributed by atoms with Gasteiger partial charge >= 0.3 is 0 Å². The molecular formula is C11H7N5S2. The molecule has 0 saturated heterocycles. The molecule has 0 spiro atoms. The van der Waals surface area contributed by atoms with E-state index in [-0.39, 0.29) is 0 Å². The molecule has 18 heavy (non-hydrogen) atoms. The van der Waals surface area contributed by atoms with Gasteiger partial charge in [0.15, 0.2) is 0 Å². The number of nitrogens with zero attached hydrogens (tertiary/aromatic N) is 4. The van der Waals surface area contributed by atoms with Crippen molar-refractivity contribution >= 4 is 62.0 Å². The summed E-state index contributed by atoms with van der Waals surface area (Å²) in [5.41, 5.74) is 11.2. The molecule has 88 valence electrons. The largest absolute Gasteiger partial charge is 0.397 e. The molecule has 0 radical (unpaired) electrons. The summed E-state index contributed by atoms with van der Waals surface area (Å²) in [4.78, 5) is 0. The molecule has 4 aromatic rings. The summed E-state index contributed by atoms with van der Waals surface area (Å²) in [5, 5.41) is 2.05. The first-order chi connectivity index (χ1) is 8.75. The standard InChI is InChI=1S/C11H7N5S2/c1-4-2-5-6(9-8(4)13-17-14-9)3-7(12)11-10(5)15-18-16-11/h2-3H,12H2,1H3. The van der Waals surface area contributed by atoms with Crippen molar-refractivity contribution in [1.29, 1.82) is 0 Å². The molecule has 0 fully saturated rings. The molecule has 0 unspecified atom stereocenters. The zero-order chi connectivity index (χ0) is 12.3. The molecule has 0 aliphatic carbocycles. The average molecular weight is 273 g/mol. The van der Waals surface area contributed by atoms with E-state index in [1.807, 2.05) is 13.0 Å². The van der Waals surface area contributed by atoms with Crippen molar-refractivity contribution < 1.29 is 0 Å². The molecule has 0 aliphatic heterocycles. The molecule has 2 aromatic heterocycles. The average Bonchev–Trinajstić information content (AvgIpc) is 2.98. The summed E-state index contributed by atoms with van der Waals surface area (Å²) in [6, 6.07) is 4.00. The van der Waals surface area contributed by atoms with Gasteiger partial charge in [-0.05, 0) is 24.6 Å². The Hall–Kier alpha value is -1.86. The Morgan fingerprint density at radius 3 is 2.17 bits per heavy atom. The number of rotatable bonds is 0. The first-order valence-electron chi connectivity index (χ1n) is 5.32. The van der Waals surface area contributed by atoms with Gasteiger partial charge in [0.1, 0.15) is 22.1 Å². The van der Waals surface area contributed by atoms with E-state index in [1.165, 1.54) is 23.5 Å². The van der Waals surface area contributed by atoms with Gasteiger partial charge in [-0.15, -0.1) is 0 Å². The Morgan fingerprint density at radius 2 is 1.39 bits per heavy atom. The fourth-order valence-corrected chi connectivity index (χ4v) is 3.43. The molecule has 2 N–H and O–H groups in total. The van der Waals surface area contributed by atoms with Crippen LogP contribution in [-0.4, -0.2) is 17.5 Å². The van der Waals surface area contributed by atoms with Crippen LogP contribution in [0.5, 0.6) is 0 Å². The summed E-state index contributed by atoms with van der Waals surface area (Å²) in [5.74, 6) is 0. The van der Waals surface area contributed by atoms with Crippen LogP contribution in [0.4, 0.5) is 5.69 Å². The smallest absolute Gasteiger partial charge is 0.128 e. The Morgan fingerprint density at radius 1 is 0.833 bits per heavy atom. The number of hydrogen-bond donors (Lipinski definition) is 1. The van der Waals surface area contributed by atoms with E-state index in [0.717, 1.165) is 38.4 Å². The Balaban J connectivity index is 2.40. The highest BCUT2D eigenvalue weighted by Crippen LogP contribution is 2.34. The first kappa shape index (κ1) is 10.1. The number of aromatic nitrogens is 4. The second-order valence-corrected chi connectivity index (χ2v) is 5.23.